The summed E-state index contributed by atoms with van der Waals surface area (Å²) in [5.41, 5.74) is 2.62. The maximum Gasteiger partial charge on any atom is 0.224 e. The quantitative estimate of drug-likeness (QED) is 0.776. The smallest absolute Gasteiger partial charge is 0.224 e. The van der Waals surface area contributed by atoms with Crippen molar-refractivity contribution >= 4 is 17.3 Å². The molecule has 0 saturated carbocycles. The van der Waals surface area contributed by atoms with Crippen molar-refractivity contribution < 1.29 is 14.7 Å². The molecule has 1 saturated heterocycles. The van der Waals surface area contributed by atoms with Gasteiger partial charge in [-0.1, -0.05) is 30.3 Å². The molecular weight excluding hydrogens is 292 g/mol. The lowest BCUT2D eigenvalue weighted by Crippen LogP contribution is -2.52. The minimum atomic E-state index is -0.574. The van der Waals surface area contributed by atoms with Gasteiger partial charge in [0.25, 0.3) is 0 Å². The highest BCUT2D eigenvalue weighted by molar-refractivity contribution is 6.10. The van der Waals surface area contributed by atoms with Gasteiger partial charge in [0.05, 0.1) is 18.6 Å². The summed E-state index contributed by atoms with van der Waals surface area (Å²) in [6.45, 7) is 1.26. The Hall–Kier alpha value is -1.98. The number of rotatable bonds is 4. The van der Waals surface area contributed by atoms with E-state index in [4.69, 9.17) is 0 Å². The summed E-state index contributed by atoms with van der Waals surface area (Å²) in [7, 11) is 0. The lowest BCUT2D eigenvalue weighted by atomic mass is 9.99. The second-order valence-corrected chi connectivity index (χ2v) is 6.16. The molecule has 1 heterocycles. The lowest BCUT2D eigenvalue weighted by molar-refractivity contribution is -0.123. The van der Waals surface area contributed by atoms with Crippen LogP contribution in [0.5, 0.6) is 0 Å². The molecule has 1 aromatic rings. The molecule has 0 unspecified atom stereocenters. The first kappa shape index (κ1) is 15.9. The molecule has 3 rings (SSSR count). The molecule has 23 heavy (non-hydrogen) atoms. The highest BCUT2D eigenvalue weighted by atomic mass is 16.3. The maximum absolute atomic E-state index is 12.3. The predicted octanol–water partition coefficient (Wildman–Crippen LogP) is 1.03. The van der Waals surface area contributed by atoms with Gasteiger partial charge in [-0.25, -0.2) is 0 Å². The van der Waals surface area contributed by atoms with Gasteiger partial charge in [-0.15, -0.1) is 0 Å². The Bertz CT molecular complexity index is 624. The van der Waals surface area contributed by atoms with Gasteiger partial charge in [-0.3, -0.25) is 9.59 Å². The van der Waals surface area contributed by atoms with E-state index >= 15 is 0 Å². The monoisotopic (exact) mass is 314 g/mol. The second-order valence-electron chi connectivity index (χ2n) is 6.16. The van der Waals surface area contributed by atoms with Crippen LogP contribution in [0.1, 0.15) is 31.2 Å². The van der Waals surface area contributed by atoms with Gasteiger partial charge in [-0.2, -0.15) is 0 Å². The number of aliphatic hydroxyl groups excluding tert-OH is 1. The third-order valence-electron chi connectivity index (χ3n) is 4.56. The third-order valence-corrected chi connectivity index (χ3v) is 4.56. The molecule has 2 aliphatic rings. The summed E-state index contributed by atoms with van der Waals surface area (Å²) in [5.74, 6) is -0.125. The van der Waals surface area contributed by atoms with Crippen LogP contribution in [-0.4, -0.2) is 42.0 Å². The normalized spacial score (nSPS) is 24.8. The molecule has 122 valence electrons. The molecule has 3 N–H and O–H groups in total. The number of aliphatic hydroxyl groups is 1. The van der Waals surface area contributed by atoms with E-state index in [0.717, 1.165) is 17.7 Å². The van der Waals surface area contributed by atoms with E-state index in [1.165, 1.54) is 0 Å². The lowest BCUT2D eigenvalue weighted by Gasteiger charge is -2.29. The van der Waals surface area contributed by atoms with Crippen LogP contribution in [0.25, 0.3) is 5.57 Å². The average Bonchev–Trinajstić information content (AvgIpc) is 2.91. The zero-order valence-corrected chi connectivity index (χ0v) is 13.0. The molecule has 2 atom stereocenters. The van der Waals surface area contributed by atoms with Gasteiger partial charge >= 0.3 is 0 Å². The molecule has 1 aromatic carbocycles. The number of ketones is 1. The van der Waals surface area contributed by atoms with Crippen molar-refractivity contribution in [1.29, 1.82) is 0 Å². The van der Waals surface area contributed by atoms with Gasteiger partial charge in [0, 0.05) is 18.5 Å². The number of benzene rings is 1. The Morgan fingerprint density at radius 2 is 2.04 bits per heavy atom. The van der Waals surface area contributed by atoms with Crippen LogP contribution in [0.2, 0.25) is 0 Å². The minimum absolute atomic E-state index is 0.0601. The van der Waals surface area contributed by atoms with Crippen molar-refractivity contribution in [3.63, 3.8) is 0 Å². The predicted molar refractivity (Wildman–Crippen MR) is 87.6 cm³/mol. The van der Waals surface area contributed by atoms with E-state index in [2.05, 4.69) is 10.6 Å². The summed E-state index contributed by atoms with van der Waals surface area (Å²) < 4.78 is 0. The third kappa shape index (κ3) is 3.68. The van der Waals surface area contributed by atoms with Gasteiger partial charge < -0.3 is 15.7 Å². The highest BCUT2D eigenvalue weighted by Gasteiger charge is 2.28. The van der Waals surface area contributed by atoms with Crippen LogP contribution in [0.4, 0.5) is 0 Å². The summed E-state index contributed by atoms with van der Waals surface area (Å²) in [4.78, 5) is 24.5. The number of nitrogens with one attached hydrogen (secondary N) is 2. The van der Waals surface area contributed by atoms with Crippen LogP contribution in [0.3, 0.4) is 0 Å². The first-order valence-corrected chi connectivity index (χ1v) is 8.14. The van der Waals surface area contributed by atoms with Gasteiger partial charge in [0.15, 0.2) is 5.78 Å². The molecule has 0 spiro atoms. The molecule has 0 radical (unpaired) electrons. The Balaban J connectivity index is 1.71. The largest absolute Gasteiger partial charge is 0.390 e. The van der Waals surface area contributed by atoms with Crippen LogP contribution in [0.15, 0.2) is 35.9 Å². The molecule has 5 nitrogen and oxygen atoms in total. The summed E-state index contributed by atoms with van der Waals surface area (Å²) >= 11 is 0. The highest BCUT2D eigenvalue weighted by Crippen LogP contribution is 2.33. The van der Waals surface area contributed by atoms with Gasteiger partial charge in [0.2, 0.25) is 5.91 Å². The van der Waals surface area contributed by atoms with E-state index in [-0.39, 0.29) is 24.2 Å². The fraction of sp³-hybridized carbons (Fsp3) is 0.444. The van der Waals surface area contributed by atoms with E-state index in [1.54, 1.807) is 0 Å². The van der Waals surface area contributed by atoms with Crippen LogP contribution in [-0.2, 0) is 9.59 Å². The fourth-order valence-electron chi connectivity index (χ4n) is 3.30. The first-order chi connectivity index (χ1) is 11.1. The number of hydrogen-bond acceptors (Lipinski definition) is 4. The number of carbonyl (C=O) groups excluding carboxylic acids is 2. The van der Waals surface area contributed by atoms with Crippen molar-refractivity contribution in [2.24, 2.45) is 0 Å². The molecule has 1 fully saturated rings. The molecule has 0 aromatic heterocycles. The molecule has 1 aliphatic carbocycles. The summed E-state index contributed by atoms with van der Waals surface area (Å²) in [6.07, 6.45) is 1.39. The van der Waals surface area contributed by atoms with Crippen LogP contribution in [0, 0.1) is 0 Å². The van der Waals surface area contributed by atoms with Gasteiger partial charge in [-0.05, 0) is 30.5 Å². The number of Topliss-reactive ketones (excluding diaryl/α,β-unsaturated/α-hetero) is 1. The number of amides is 1. The summed E-state index contributed by atoms with van der Waals surface area (Å²) in [6, 6.07) is 9.53. The van der Waals surface area contributed by atoms with Crippen molar-refractivity contribution in [2.75, 3.05) is 13.1 Å². The van der Waals surface area contributed by atoms with Crippen LogP contribution < -0.4 is 10.6 Å². The molecule has 1 aliphatic heterocycles. The molecule has 1 amide bonds. The average molecular weight is 314 g/mol. The molecule has 0 bridgehead atoms. The first-order valence-electron chi connectivity index (χ1n) is 8.14. The van der Waals surface area contributed by atoms with Crippen LogP contribution >= 0.6 is 0 Å². The van der Waals surface area contributed by atoms with E-state index < -0.39 is 6.10 Å². The summed E-state index contributed by atoms with van der Waals surface area (Å²) in [5, 5.41) is 15.9. The number of allylic oxidation sites excluding steroid dienone is 1. The molecular formula is C18H22N2O3. The number of hydrogen-bond donors (Lipinski definition) is 3. The van der Waals surface area contributed by atoms with Crippen molar-refractivity contribution in [3.8, 4) is 0 Å². The Kier molecular flexibility index (Phi) is 4.88. The van der Waals surface area contributed by atoms with Crippen molar-refractivity contribution in [1.82, 2.24) is 10.6 Å². The SMILES string of the molecule is O=C(CC1=C(c2ccccc2)CCC1=O)N[C@@H]1CCNC[C@H]1O. The maximum atomic E-state index is 12.3. The minimum Gasteiger partial charge on any atom is -0.390 e. The van der Waals surface area contributed by atoms with E-state index in [9.17, 15) is 14.7 Å². The van der Waals surface area contributed by atoms with E-state index in [0.29, 0.717) is 31.4 Å². The van der Waals surface area contributed by atoms with E-state index in [1.807, 2.05) is 30.3 Å². The number of β-amino-alcohol motifs (C(OH)–C–C–N with tert-alkyl or cyclic N) is 1. The Labute approximate surface area is 135 Å². The zero-order chi connectivity index (χ0) is 16.2. The Morgan fingerprint density at radius 3 is 2.78 bits per heavy atom. The zero-order valence-electron chi connectivity index (χ0n) is 13.0. The standard InChI is InChI=1S/C18H22N2O3/c21-16-7-6-13(12-4-2-1-3-5-12)14(16)10-18(23)20-15-8-9-19-11-17(15)22/h1-5,15,17,19,22H,6-11H2,(H,20,23)/t15-,17-/m1/s1. The number of carbonyl (C=O) groups is 2. The second kappa shape index (κ2) is 7.06. The van der Waals surface area contributed by atoms with Crippen molar-refractivity contribution in [3.05, 3.63) is 41.5 Å². The topological polar surface area (TPSA) is 78.4 Å². The Morgan fingerprint density at radius 1 is 1.26 bits per heavy atom. The van der Waals surface area contributed by atoms with Gasteiger partial charge in [0.1, 0.15) is 0 Å². The molecule has 5 heteroatoms. The van der Waals surface area contributed by atoms with Crippen molar-refractivity contribution in [2.45, 2.75) is 37.8 Å². The fourth-order valence-corrected chi connectivity index (χ4v) is 3.30. The number of piperidine rings is 1.